The third-order valence-corrected chi connectivity index (χ3v) is 3.13. The van der Waals surface area contributed by atoms with E-state index >= 15 is 0 Å². The fourth-order valence-electron chi connectivity index (χ4n) is 1.87. The molecule has 1 N–H and O–H groups in total. The van der Waals surface area contributed by atoms with Crippen LogP contribution in [0.2, 0.25) is 0 Å². The maximum Gasteiger partial charge on any atom is 0.143 e. The second kappa shape index (κ2) is 3.59. The highest BCUT2D eigenvalue weighted by Gasteiger charge is 2.26. The molecule has 0 bridgehead atoms. The largest absolute Gasteiger partial charge is 0.388 e. The molecule has 0 radical (unpaired) electrons. The van der Waals surface area contributed by atoms with E-state index in [0.717, 1.165) is 6.07 Å². The van der Waals surface area contributed by atoms with Gasteiger partial charge >= 0.3 is 0 Å². The minimum Gasteiger partial charge on any atom is -0.388 e. The topological polar surface area (TPSA) is 20.2 Å². The van der Waals surface area contributed by atoms with Gasteiger partial charge in [0.2, 0.25) is 0 Å². The minimum atomic E-state index is -0.870. The molecule has 1 aliphatic carbocycles. The van der Waals surface area contributed by atoms with Crippen molar-refractivity contribution >= 4 is 15.9 Å². The zero-order valence-electron chi connectivity index (χ0n) is 7.36. The molecule has 4 heteroatoms. The van der Waals surface area contributed by atoms with Crippen molar-refractivity contribution in [2.45, 2.75) is 25.4 Å². The molecule has 1 atom stereocenters. The van der Waals surface area contributed by atoms with Crippen LogP contribution < -0.4 is 0 Å². The van der Waals surface area contributed by atoms with Gasteiger partial charge in [0, 0.05) is 5.56 Å². The summed E-state index contributed by atoms with van der Waals surface area (Å²) in [4.78, 5) is 0. The Labute approximate surface area is 88.9 Å². The molecule has 0 fully saturated rings. The summed E-state index contributed by atoms with van der Waals surface area (Å²) >= 11 is 2.93. The highest BCUT2D eigenvalue weighted by molar-refractivity contribution is 9.10. The molecule has 0 aromatic heterocycles. The molecule has 1 aromatic carbocycles. The van der Waals surface area contributed by atoms with E-state index in [1.807, 2.05) is 0 Å². The standard InChI is InChI=1S/C10H9BrF2O/c11-6-4-7(12)5-2-1-3-8(14)9(5)10(6)13/h4,8,14H,1-3H2. The summed E-state index contributed by atoms with van der Waals surface area (Å²) in [6, 6.07) is 1.12. The Morgan fingerprint density at radius 3 is 2.86 bits per heavy atom. The number of halogens is 3. The average Bonchev–Trinajstić information content (AvgIpc) is 2.14. The monoisotopic (exact) mass is 262 g/mol. The zero-order valence-corrected chi connectivity index (χ0v) is 8.94. The molecule has 2 rings (SSSR count). The van der Waals surface area contributed by atoms with Crippen LogP contribution in [0.4, 0.5) is 8.78 Å². The van der Waals surface area contributed by atoms with Gasteiger partial charge in [0.05, 0.1) is 10.6 Å². The van der Waals surface area contributed by atoms with Gasteiger partial charge in [0.25, 0.3) is 0 Å². The van der Waals surface area contributed by atoms with Gasteiger partial charge in [-0.25, -0.2) is 8.78 Å². The van der Waals surface area contributed by atoms with Crippen molar-refractivity contribution in [2.75, 3.05) is 0 Å². The van der Waals surface area contributed by atoms with Crippen LogP contribution in [-0.2, 0) is 6.42 Å². The maximum absolute atomic E-state index is 13.5. The molecule has 1 aliphatic rings. The Morgan fingerprint density at radius 1 is 1.43 bits per heavy atom. The normalized spacial score (nSPS) is 20.7. The lowest BCUT2D eigenvalue weighted by Gasteiger charge is -2.22. The Balaban J connectivity index is 2.67. The van der Waals surface area contributed by atoms with Crippen molar-refractivity contribution in [3.05, 3.63) is 33.3 Å². The van der Waals surface area contributed by atoms with Gasteiger partial charge in [0.15, 0.2) is 0 Å². The van der Waals surface area contributed by atoms with Crippen LogP contribution in [0.25, 0.3) is 0 Å². The van der Waals surface area contributed by atoms with Gasteiger partial charge in [0.1, 0.15) is 11.6 Å². The summed E-state index contributed by atoms with van der Waals surface area (Å²) in [5, 5.41) is 9.56. The molecular formula is C10H9BrF2O. The van der Waals surface area contributed by atoms with Crippen LogP contribution in [-0.4, -0.2) is 5.11 Å². The highest BCUT2D eigenvalue weighted by atomic mass is 79.9. The van der Waals surface area contributed by atoms with Crippen molar-refractivity contribution < 1.29 is 13.9 Å². The maximum atomic E-state index is 13.5. The fourth-order valence-corrected chi connectivity index (χ4v) is 2.28. The number of aliphatic hydroxyl groups excluding tert-OH is 1. The number of benzene rings is 1. The lowest BCUT2D eigenvalue weighted by Crippen LogP contribution is -2.13. The number of hydrogen-bond donors (Lipinski definition) is 1. The molecule has 0 heterocycles. The van der Waals surface area contributed by atoms with E-state index in [0.29, 0.717) is 24.8 Å². The average molecular weight is 263 g/mol. The fraction of sp³-hybridized carbons (Fsp3) is 0.400. The second-order valence-electron chi connectivity index (χ2n) is 3.45. The first-order valence-corrected chi connectivity index (χ1v) is 5.25. The van der Waals surface area contributed by atoms with Crippen LogP contribution in [0, 0.1) is 11.6 Å². The zero-order chi connectivity index (χ0) is 10.3. The number of fused-ring (bicyclic) bond motifs is 1. The van der Waals surface area contributed by atoms with E-state index in [2.05, 4.69) is 15.9 Å². The van der Waals surface area contributed by atoms with Crippen LogP contribution in [0.3, 0.4) is 0 Å². The van der Waals surface area contributed by atoms with E-state index in [9.17, 15) is 13.9 Å². The quantitative estimate of drug-likeness (QED) is 0.713. The van der Waals surface area contributed by atoms with Gasteiger partial charge in [-0.15, -0.1) is 0 Å². The first kappa shape index (κ1) is 10.1. The van der Waals surface area contributed by atoms with E-state index < -0.39 is 17.7 Å². The number of aliphatic hydroxyl groups is 1. The Hall–Kier alpha value is -0.480. The third-order valence-electron chi connectivity index (χ3n) is 2.55. The second-order valence-corrected chi connectivity index (χ2v) is 4.31. The lowest BCUT2D eigenvalue weighted by atomic mass is 9.89. The van der Waals surface area contributed by atoms with Crippen molar-refractivity contribution in [2.24, 2.45) is 0 Å². The highest BCUT2D eigenvalue weighted by Crippen LogP contribution is 2.36. The predicted octanol–water partition coefficient (Wildman–Crippen LogP) is 3.10. The predicted molar refractivity (Wildman–Crippen MR) is 52.0 cm³/mol. The molecular weight excluding hydrogens is 254 g/mol. The Bertz CT molecular complexity index is 379. The molecule has 14 heavy (non-hydrogen) atoms. The van der Waals surface area contributed by atoms with Crippen molar-refractivity contribution in [1.29, 1.82) is 0 Å². The lowest BCUT2D eigenvalue weighted by molar-refractivity contribution is 0.150. The molecule has 0 spiro atoms. The third kappa shape index (κ3) is 1.46. The Morgan fingerprint density at radius 2 is 2.14 bits per heavy atom. The van der Waals surface area contributed by atoms with Crippen LogP contribution in [0.5, 0.6) is 0 Å². The minimum absolute atomic E-state index is 0.0784. The van der Waals surface area contributed by atoms with Crippen molar-refractivity contribution in [3.63, 3.8) is 0 Å². The summed E-state index contributed by atoms with van der Waals surface area (Å²) < 4.78 is 27.0. The van der Waals surface area contributed by atoms with E-state index in [4.69, 9.17) is 0 Å². The molecule has 1 aromatic rings. The van der Waals surface area contributed by atoms with Crippen molar-refractivity contribution in [3.8, 4) is 0 Å². The summed E-state index contributed by atoms with van der Waals surface area (Å²) in [6.45, 7) is 0. The first-order valence-electron chi connectivity index (χ1n) is 4.45. The van der Waals surface area contributed by atoms with Gasteiger partial charge in [-0.1, -0.05) is 0 Å². The van der Waals surface area contributed by atoms with E-state index in [-0.39, 0.29) is 10.0 Å². The summed E-state index contributed by atoms with van der Waals surface area (Å²) in [6.07, 6.45) is 0.833. The van der Waals surface area contributed by atoms with Crippen LogP contribution >= 0.6 is 15.9 Å². The molecule has 0 saturated heterocycles. The SMILES string of the molecule is OC1CCCc2c(F)cc(Br)c(F)c21. The Kier molecular flexibility index (Phi) is 2.58. The summed E-state index contributed by atoms with van der Waals surface area (Å²) in [7, 11) is 0. The van der Waals surface area contributed by atoms with E-state index in [1.54, 1.807) is 0 Å². The van der Waals surface area contributed by atoms with Gasteiger partial charge in [-0.2, -0.15) is 0 Å². The molecule has 1 nitrogen and oxygen atoms in total. The van der Waals surface area contributed by atoms with Gasteiger partial charge in [-0.3, -0.25) is 0 Å². The van der Waals surface area contributed by atoms with Crippen molar-refractivity contribution in [1.82, 2.24) is 0 Å². The van der Waals surface area contributed by atoms with E-state index in [1.165, 1.54) is 0 Å². The van der Waals surface area contributed by atoms with Crippen LogP contribution in [0.1, 0.15) is 30.1 Å². The number of hydrogen-bond acceptors (Lipinski definition) is 1. The molecule has 0 saturated carbocycles. The first-order chi connectivity index (χ1) is 6.61. The molecule has 1 unspecified atom stereocenters. The van der Waals surface area contributed by atoms with Gasteiger partial charge in [-0.05, 0) is 46.8 Å². The number of rotatable bonds is 0. The summed E-state index contributed by atoms with van der Waals surface area (Å²) in [5.74, 6) is -0.972. The molecule has 76 valence electrons. The van der Waals surface area contributed by atoms with Crippen LogP contribution in [0.15, 0.2) is 10.5 Å². The smallest absolute Gasteiger partial charge is 0.143 e. The molecule has 0 amide bonds. The summed E-state index contributed by atoms with van der Waals surface area (Å²) in [5.41, 5.74) is 0.451. The van der Waals surface area contributed by atoms with Gasteiger partial charge < -0.3 is 5.11 Å². The molecule has 0 aliphatic heterocycles.